The van der Waals surface area contributed by atoms with Gasteiger partial charge in [0.1, 0.15) is 5.82 Å². The van der Waals surface area contributed by atoms with Crippen LogP contribution in [-0.2, 0) is 41.3 Å². The van der Waals surface area contributed by atoms with Gasteiger partial charge in [0.05, 0.1) is 54.3 Å². The standard InChI is InChI=1S/C33H28N4O3.C32H30N4O4.C32H32N4O3/c1-2-4-32(39)36-17-25(18-36)31-15-23-13-21(20-7-8-20)9-11-27(23)33(40)37(31)30-6-3-5-26(28(30)19-38)22-10-12-29-24(14-22)16-34-35-29;1-3-5-30(38)35-16-23(17-35)29-14-21-12-20(19-8-9-19)10-11-25(21)31(39)36(29)28-7-4-6-24(26(28)18-37)22-13-27(33)32(40)34(2)15-22;1-3-5-31(38)35-17-24(18-35)29-15-23-14-21(20-8-9-20)10-11-26(23)32(39)36(29)28-7-4-6-25(27(28)19-37)22-12-13-34-30(16-22)33-2/h3,5-6,9-16,20,25,38H,7-8,17-19H2,1H3,(H,34,35);4,6-7,10-15,19,23,37H,8-9,16-18,33H2,1-2H3;3-7,10-16,20,24,37H,8-9,17-19H2,1-2H3,(H,33,34)/b;;5-3+. The Morgan fingerprint density at radius 3 is 1.31 bits per heavy atom. The number of fused-ring (bicyclic) bond motifs is 4. The van der Waals surface area contributed by atoms with E-state index < -0.39 is 0 Å². The number of carbonyl (C=O) groups excluding carboxylic acids is 3. The summed E-state index contributed by atoms with van der Waals surface area (Å²) in [4.78, 5) is 102. The summed E-state index contributed by atoms with van der Waals surface area (Å²) in [6, 6.07) is 53.1. The number of benzene rings is 7. The molecule has 13 aromatic rings. The lowest BCUT2D eigenvalue weighted by atomic mass is 9.92. The van der Waals surface area contributed by atoms with E-state index in [-0.39, 0.29) is 83.2 Å². The zero-order chi connectivity index (χ0) is 82.6. The van der Waals surface area contributed by atoms with Crippen LogP contribution in [0.2, 0.25) is 0 Å². The molecule has 119 heavy (non-hydrogen) atoms. The summed E-state index contributed by atoms with van der Waals surface area (Å²) in [5, 5.41) is 47.7. The number of aromatic amines is 1. The van der Waals surface area contributed by atoms with Crippen LogP contribution in [0.4, 0.5) is 11.5 Å². The van der Waals surface area contributed by atoms with Gasteiger partial charge in [0.15, 0.2) is 0 Å². The van der Waals surface area contributed by atoms with E-state index in [1.165, 1.54) is 46.9 Å². The number of aliphatic hydroxyl groups is 3. The minimum Gasteiger partial charge on any atom is -0.394 e. The Kier molecular flexibility index (Phi) is 21.3. The molecule has 598 valence electrons. The first-order valence-electron chi connectivity index (χ1n) is 40.6. The third-order valence-electron chi connectivity index (χ3n) is 24.2. The average Bonchev–Trinajstić information content (AvgIpc) is 1.54. The van der Waals surface area contributed by atoms with Crippen LogP contribution < -0.4 is 33.3 Å². The molecule has 6 aliphatic rings. The fourth-order valence-corrected chi connectivity index (χ4v) is 17.2. The second kappa shape index (κ2) is 32.5. The number of aliphatic hydroxyl groups excluding tert-OH is 3. The van der Waals surface area contributed by atoms with Gasteiger partial charge in [-0.05, 0) is 241 Å². The molecule has 3 amide bonds. The molecule has 22 heteroatoms. The smallest absolute Gasteiger partial charge is 0.298 e. The average molecular weight is 1580 g/mol. The molecule has 7 aromatic carbocycles. The fraction of sp³-hybridized carbons (Fsp3) is 0.268. The number of nitrogens with zero attached hydrogens (tertiary/aromatic N) is 9. The van der Waals surface area contributed by atoms with E-state index in [9.17, 15) is 48.9 Å². The van der Waals surface area contributed by atoms with Crippen LogP contribution in [0.5, 0.6) is 0 Å². The highest BCUT2D eigenvalue weighted by Gasteiger charge is 2.39. The summed E-state index contributed by atoms with van der Waals surface area (Å²) in [7, 11) is 3.44. The first-order chi connectivity index (χ1) is 57.9. The van der Waals surface area contributed by atoms with Crippen molar-refractivity contribution in [3.63, 3.8) is 0 Å². The number of H-pyrrole nitrogens is 1. The molecule has 6 aromatic heterocycles. The maximum absolute atomic E-state index is 14.2. The minimum absolute atomic E-state index is 0.00732. The van der Waals surface area contributed by atoms with Crippen LogP contribution in [0.3, 0.4) is 0 Å². The second-order valence-electron chi connectivity index (χ2n) is 31.8. The SMILES string of the molecule is C/C=C/C(=O)N1CC(c2cc3cc(C4CC4)ccc3c(=O)n2-c2cccc(-c3ccnc(NC)c3)c2CO)C1.CC#CC(=O)N1CC(c2cc3cc(C4CC4)ccc3c(=O)n2-c2cccc(-c3cc(N)c(=O)n(C)c3)c2CO)C1.CC#CC(=O)N1CC(c2cc3cc(C4CC4)ccc3c(=O)n2-c2cccc(-c3ccc4[nH]ncc4c3)c2CO)C1. The van der Waals surface area contributed by atoms with Crippen molar-refractivity contribution in [1.29, 1.82) is 0 Å². The highest BCUT2D eigenvalue weighted by Crippen LogP contribution is 2.45. The lowest BCUT2D eigenvalue weighted by molar-refractivity contribution is -0.130. The third-order valence-corrected chi connectivity index (χ3v) is 24.2. The summed E-state index contributed by atoms with van der Waals surface area (Å²) < 4.78 is 6.60. The van der Waals surface area contributed by atoms with E-state index in [0.29, 0.717) is 118 Å². The predicted octanol–water partition coefficient (Wildman–Crippen LogP) is 13.1. The number of allylic oxidation sites excluding steroid dienone is 1. The van der Waals surface area contributed by atoms with Crippen LogP contribution in [-0.4, -0.2) is 128 Å². The molecule has 0 atom stereocenters. The molecule has 3 saturated heterocycles. The predicted molar refractivity (Wildman–Crippen MR) is 465 cm³/mol. The highest BCUT2D eigenvalue weighted by atomic mass is 16.3. The second-order valence-corrected chi connectivity index (χ2v) is 31.8. The Labute approximate surface area is 686 Å². The van der Waals surface area contributed by atoms with E-state index in [0.717, 1.165) is 85.1 Å². The zero-order valence-electron chi connectivity index (χ0n) is 66.8. The number of anilines is 2. The number of nitrogens with two attached hydrogens (primary N) is 1. The third kappa shape index (κ3) is 15.0. The number of amides is 3. The summed E-state index contributed by atoms with van der Waals surface area (Å²) in [5.41, 5.74) is 21.2. The Balaban J connectivity index is 0.000000128. The Hall–Kier alpha value is -13.5. The highest BCUT2D eigenvalue weighted by molar-refractivity contribution is 5.96. The largest absolute Gasteiger partial charge is 0.394 e. The van der Waals surface area contributed by atoms with Crippen LogP contribution in [0.15, 0.2) is 214 Å². The van der Waals surface area contributed by atoms with Gasteiger partial charge in [0, 0.05) is 144 Å². The summed E-state index contributed by atoms with van der Waals surface area (Å²) in [6.07, 6.45) is 15.6. The zero-order valence-corrected chi connectivity index (χ0v) is 66.8. The molecule has 22 nitrogen and oxygen atoms in total. The molecule has 3 aliphatic heterocycles. The van der Waals surface area contributed by atoms with Crippen LogP contribution in [0.25, 0.3) is 93.7 Å². The quantitative estimate of drug-likeness (QED) is 0.0365. The Bertz CT molecular complexity index is 6710. The molecule has 0 radical (unpaired) electrons. The van der Waals surface area contributed by atoms with Crippen molar-refractivity contribution >= 4 is 72.4 Å². The van der Waals surface area contributed by atoms with Crippen LogP contribution in [0.1, 0.15) is 145 Å². The lowest BCUT2D eigenvalue weighted by Crippen LogP contribution is -2.49. The van der Waals surface area contributed by atoms with Crippen molar-refractivity contribution in [2.75, 3.05) is 57.4 Å². The van der Waals surface area contributed by atoms with Gasteiger partial charge in [-0.15, -0.1) is 0 Å². The summed E-state index contributed by atoms with van der Waals surface area (Å²) in [5.74, 6) is 12.4. The van der Waals surface area contributed by atoms with Gasteiger partial charge in [0.2, 0.25) is 5.91 Å². The van der Waals surface area contributed by atoms with Crippen LogP contribution in [0, 0.1) is 23.7 Å². The van der Waals surface area contributed by atoms with Gasteiger partial charge in [-0.25, -0.2) is 4.98 Å². The molecule has 19 rings (SSSR count). The van der Waals surface area contributed by atoms with Crippen molar-refractivity contribution in [2.24, 2.45) is 7.05 Å². The first kappa shape index (κ1) is 78.0. The number of likely N-dealkylation sites (tertiary alicyclic amines) is 3. The number of hydrogen-bond acceptors (Lipinski definition) is 14. The maximum Gasteiger partial charge on any atom is 0.298 e. The molecule has 3 aliphatic carbocycles. The number of carbonyl (C=O) groups is 3. The maximum atomic E-state index is 14.2. The van der Waals surface area contributed by atoms with Gasteiger partial charge >= 0.3 is 0 Å². The Morgan fingerprint density at radius 1 is 0.496 bits per heavy atom. The lowest BCUT2D eigenvalue weighted by Gasteiger charge is -2.40. The van der Waals surface area contributed by atoms with E-state index >= 15 is 0 Å². The number of aromatic nitrogens is 7. The number of pyridine rings is 5. The van der Waals surface area contributed by atoms with Crippen molar-refractivity contribution in [3.8, 4) is 74.1 Å². The van der Waals surface area contributed by atoms with Gasteiger partial charge in [-0.1, -0.05) is 96.8 Å². The molecule has 0 spiro atoms. The molecular formula is C97H90N12O10. The number of nitrogen functional groups attached to an aromatic ring is 1. The van der Waals surface area contributed by atoms with E-state index in [2.05, 4.69) is 92.7 Å². The molecule has 0 unspecified atom stereocenters. The number of aryl methyl sites for hydroxylation is 1. The van der Waals surface area contributed by atoms with Crippen molar-refractivity contribution in [2.45, 2.75) is 115 Å². The molecule has 3 saturated carbocycles. The summed E-state index contributed by atoms with van der Waals surface area (Å²) >= 11 is 0. The number of hydrogen-bond donors (Lipinski definition) is 6. The monoisotopic (exact) mass is 1580 g/mol. The first-order valence-corrected chi connectivity index (χ1v) is 40.6. The fourth-order valence-electron chi connectivity index (χ4n) is 17.2. The van der Waals surface area contributed by atoms with Gasteiger partial charge in [0.25, 0.3) is 34.1 Å². The van der Waals surface area contributed by atoms with E-state index in [4.69, 9.17) is 5.73 Å². The van der Waals surface area contributed by atoms with Crippen molar-refractivity contribution in [3.05, 3.63) is 286 Å². The van der Waals surface area contributed by atoms with Gasteiger partial charge in [-0.3, -0.25) is 52.4 Å². The normalized spacial score (nSPS) is 15.3. The topological polar surface area (TPSA) is 289 Å². The number of rotatable bonds is 17. The van der Waals surface area contributed by atoms with Gasteiger partial charge < -0.3 is 45.6 Å². The van der Waals surface area contributed by atoms with Gasteiger partial charge in [-0.2, -0.15) is 5.10 Å². The van der Waals surface area contributed by atoms with Crippen LogP contribution >= 0.6 is 0 Å². The molecule has 0 bridgehead atoms. The summed E-state index contributed by atoms with van der Waals surface area (Å²) in [6.45, 7) is 7.29. The number of nitrogens with one attached hydrogen (secondary N) is 2. The van der Waals surface area contributed by atoms with Crippen molar-refractivity contribution < 1.29 is 29.7 Å². The molecule has 6 fully saturated rings. The van der Waals surface area contributed by atoms with E-state index in [1.54, 1.807) is 86.1 Å². The Morgan fingerprint density at radius 2 is 0.916 bits per heavy atom. The molecule has 7 N–H and O–H groups in total. The van der Waals surface area contributed by atoms with E-state index in [1.807, 2.05) is 123 Å². The molecule has 9 heterocycles. The van der Waals surface area contributed by atoms with Crippen molar-refractivity contribution in [1.82, 2.24) is 48.1 Å². The minimum atomic E-state index is -0.333. The molecular weight excluding hydrogens is 1490 g/mol.